The molecule has 1 fully saturated rings. The number of rotatable bonds is 4. The number of nitrogens with zero attached hydrogens (tertiary/aromatic N) is 6. The number of carbonyl (C=O) groups excluding carboxylic acids is 1. The monoisotopic (exact) mass is 353 g/mol. The van der Waals surface area contributed by atoms with E-state index >= 15 is 0 Å². The third kappa shape index (κ3) is 2.92. The predicted molar refractivity (Wildman–Crippen MR) is 94.6 cm³/mol. The Kier molecular flexibility index (Phi) is 3.90. The molecule has 3 aromatic heterocycles. The summed E-state index contributed by atoms with van der Waals surface area (Å²) in [5.74, 6) is 2.41. The number of carbonyl (C=O) groups is 1. The van der Waals surface area contributed by atoms with Gasteiger partial charge in [0.1, 0.15) is 17.7 Å². The van der Waals surface area contributed by atoms with Crippen LogP contribution in [-0.2, 0) is 11.8 Å². The van der Waals surface area contributed by atoms with Crippen LogP contribution in [0.4, 0.5) is 11.6 Å². The molecule has 1 aliphatic rings. The van der Waals surface area contributed by atoms with Crippen LogP contribution in [0.5, 0.6) is 0 Å². The molecule has 0 radical (unpaired) electrons. The zero-order valence-electron chi connectivity index (χ0n) is 14.8. The molecule has 1 N–H and O–H groups in total. The molecule has 1 aliphatic heterocycles. The van der Waals surface area contributed by atoms with Crippen molar-refractivity contribution in [3.05, 3.63) is 35.9 Å². The normalized spacial score (nSPS) is 17.1. The van der Waals surface area contributed by atoms with Crippen LogP contribution < -0.4 is 10.2 Å². The first kappa shape index (κ1) is 16.2. The van der Waals surface area contributed by atoms with E-state index in [4.69, 9.17) is 4.52 Å². The summed E-state index contributed by atoms with van der Waals surface area (Å²) in [6.45, 7) is 4.31. The fraction of sp³-hybridized carbons (Fsp3) is 0.353. The van der Waals surface area contributed by atoms with Crippen LogP contribution in [0.25, 0.3) is 11.5 Å². The Hall–Kier alpha value is -3.23. The van der Waals surface area contributed by atoms with Gasteiger partial charge in [0.25, 0.3) is 11.8 Å². The minimum Gasteiger partial charge on any atom is -0.358 e. The molecule has 0 aromatic carbocycles. The maximum absolute atomic E-state index is 12.8. The highest BCUT2D eigenvalue weighted by molar-refractivity contribution is 6.00. The first-order valence-electron chi connectivity index (χ1n) is 8.36. The van der Waals surface area contributed by atoms with Crippen LogP contribution >= 0.6 is 0 Å². The highest BCUT2D eigenvalue weighted by Gasteiger charge is 2.34. The van der Waals surface area contributed by atoms with Gasteiger partial charge in [-0.25, -0.2) is 4.98 Å². The highest BCUT2D eigenvalue weighted by atomic mass is 16.5. The first-order valence-corrected chi connectivity index (χ1v) is 8.36. The molecule has 9 nitrogen and oxygen atoms in total. The van der Waals surface area contributed by atoms with Crippen LogP contribution in [0, 0.1) is 13.8 Å². The summed E-state index contributed by atoms with van der Waals surface area (Å²) in [4.78, 5) is 23.1. The molecular weight excluding hydrogens is 334 g/mol. The van der Waals surface area contributed by atoms with Crippen molar-refractivity contribution in [2.45, 2.75) is 26.3 Å². The molecule has 134 valence electrons. The van der Waals surface area contributed by atoms with E-state index in [9.17, 15) is 4.79 Å². The Balaban J connectivity index is 1.51. The van der Waals surface area contributed by atoms with Crippen molar-refractivity contribution in [2.24, 2.45) is 7.05 Å². The van der Waals surface area contributed by atoms with Gasteiger partial charge >= 0.3 is 0 Å². The van der Waals surface area contributed by atoms with E-state index in [2.05, 4.69) is 25.5 Å². The van der Waals surface area contributed by atoms with E-state index in [1.54, 1.807) is 34.8 Å². The lowest BCUT2D eigenvalue weighted by Crippen LogP contribution is -2.34. The number of amides is 1. The standard InChI is InChI=1S/C17H19N7O2/c1-10-8-15(23(3)21-10)24-7-5-13(17(24)25)20-14-9-12(4-6-18-14)16-19-11(2)22-26-16/h4,6,8-9,13H,5,7H2,1-3H3,(H,18,20). The maximum atomic E-state index is 12.8. The van der Waals surface area contributed by atoms with E-state index in [0.29, 0.717) is 30.5 Å². The predicted octanol–water partition coefficient (Wildman–Crippen LogP) is 1.70. The maximum Gasteiger partial charge on any atom is 0.258 e. The second-order valence-electron chi connectivity index (χ2n) is 6.32. The lowest BCUT2D eigenvalue weighted by molar-refractivity contribution is -0.117. The lowest BCUT2D eigenvalue weighted by atomic mass is 10.2. The van der Waals surface area contributed by atoms with E-state index in [0.717, 1.165) is 17.1 Å². The van der Waals surface area contributed by atoms with Crippen molar-refractivity contribution in [3.63, 3.8) is 0 Å². The Labute approximate surface area is 150 Å². The van der Waals surface area contributed by atoms with Crippen molar-refractivity contribution in [1.82, 2.24) is 24.9 Å². The van der Waals surface area contributed by atoms with Gasteiger partial charge in [-0.1, -0.05) is 5.16 Å². The Morgan fingerprint density at radius 3 is 2.85 bits per heavy atom. The molecule has 4 heterocycles. The summed E-state index contributed by atoms with van der Waals surface area (Å²) >= 11 is 0. The van der Waals surface area contributed by atoms with Gasteiger partial charge in [0.2, 0.25) is 0 Å². The van der Waals surface area contributed by atoms with Gasteiger partial charge in [0.15, 0.2) is 5.82 Å². The number of aryl methyl sites for hydroxylation is 3. The van der Waals surface area contributed by atoms with Gasteiger partial charge in [-0.15, -0.1) is 0 Å². The minimum absolute atomic E-state index is 0.00818. The zero-order valence-corrected chi connectivity index (χ0v) is 14.8. The Morgan fingerprint density at radius 2 is 2.15 bits per heavy atom. The second kappa shape index (κ2) is 6.25. The quantitative estimate of drug-likeness (QED) is 0.761. The van der Waals surface area contributed by atoms with Crippen molar-refractivity contribution < 1.29 is 9.32 Å². The van der Waals surface area contributed by atoms with Gasteiger partial charge in [0, 0.05) is 31.4 Å². The molecule has 0 aliphatic carbocycles. The SMILES string of the molecule is Cc1cc(N2CCC(Nc3cc(-c4nc(C)no4)ccn3)C2=O)n(C)n1. The molecular formula is C17H19N7O2. The number of anilines is 2. The summed E-state index contributed by atoms with van der Waals surface area (Å²) in [5.41, 5.74) is 1.64. The molecule has 0 bridgehead atoms. The van der Waals surface area contributed by atoms with E-state index in [-0.39, 0.29) is 11.9 Å². The van der Waals surface area contributed by atoms with Gasteiger partial charge in [-0.3, -0.25) is 14.4 Å². The zero-order chi connectivity index (χ0) is 18.3. The Morgan fingerprint density at radius 1 is 1.31 bits per heavy atom. The molecule has 1 unspecified atom stereocenters. The van der Waals surface area contributed by atoms with E-state index in [1.165, 1.54) is 0 Å². The Bertz CT molecular complexity index is 962. The summed E-state index contributed by atoms with van der Waals surface area (Å²) in [6.07, 6.45) is 2.34. The molecule has 1 atom stereocenters. The van der Waals surface area contributed by atoms with Crippen molar-refractivity contribution in [2.75, 3.05) is 16.8 Å². The summed E-state index contributed by atoms with van der Waals surface area (Å²) < 4.78 is 6.91. The molecule has 3 aromatic rings. The van der Waals surface area contributed by atoms with Crippen LogP contribution in [0.3, 0.4) is 0 Å². The topological polar surface area (TPSA) is 102 Å². The number of hydrogen-bond acceptors (Lipinski definition) is 7. The van der Waals surface area contributed by atoms with Crippen molar-refractivity contribution >= 4 is 17.5 Å². The van der Waals surface area contributed by atoms with Gasteiger partial charge < -0.3 is 9.84 Å². The van der Waals surface area contributed by atoms with Crippen LogP contribution in [-0.4, -0.2) is 43.4 Å². The fourth-order valence-corrected chi connectivity index (χ4v) is 3.13. The van der Waals surface area contributed by atoms with Crippen LogP contribution in [0.15, 0.2) is 28.9 Å². The molecule has 1 amide bonds. The highest BCUT2D eigenvalue weighted by Crippen LogP contribution is 2.25. The summed E-state index contributed by atoms with van der Waals surface area (Å²) in [6, 6.07) is 5.17. The smallest absolute Gasteiger partial charge is 0.258 e. The van der Waals surface area contributed by atoms with Gasteiger partial charge in [-0.2, -0.15) is 10.1 Å². The van der Waals surface area contributed by atoms with Crippen LogP contribution in [0.2, 0.25) is 0 Å². The molecule has 0 saturated carbocycles. The van der Waals surface area contributed by atoms with E-state index in [1.807, 2.05) is 20.0 Å². The number of aromatic nitrogens is 5. The van der Waals surface area contributed by atoms with Gasteiger partial charge in [0.05, 0.1) is 5.69 Å². The lowest BCUT2D eigenvalue weighted by Gasteiger charge is -2.17. The number of pyridine rings is 1. The van der Waals surface area contributed by atoms with E-state index < -0.39 is 0 Å². The largest absolute Gasteiger partial charge is 0.358 e. The molecule has 9 heteroatoms. The van der Waals surface area contributed by atoms with Crippen molar-refractivity contribution in [1.29, 1.82) is 0 Å². The van der Waals surface area contributed by atoms with Crippen molar-refractivity contribution in [3.8, 4) is 11.5 Å². The fourth-order valence-electron chi connectivity index (χ4n) is 3.13. The number of nitrogens with one attached hydrogen (secondary N) is 1. The molecule has 26 heavy (non-hydrogen) atoms. The van der Waals surface area contributed by atoms with Gasteiger partial charge in [-0.05, 0) is 32.4 Å². The molecule has 1 saturated heterocycles. The average Bonchev–Trinajstić information content (AvgIpc) is 3.28. The third-order valence-corrected chi connectivity index (χ3v) is 4.32. The third-order valence-electron chi connectivity index (χ3n) is 4.32. The second-order valence-corrected chi connectivity index (χ2v) is 6.32. The molecule has 4 rings (SSSR count). The molecule has 0 spiro atoms. The average molecular weight is 353 g/mol. The number of hydrogen-bond donors (Lipinski definition) is 1. The summed E-state index contributed by atoms with van der Waals surface area (Å²) in [7, 11) is 1.84. The summed E-state index contributed by atoms with van der Waals surface area (Å²) in [5, 5.41) is 11.3. The van der Waals surface area contributed by atoms with Crippen LogP contribution in [0.1, 0.15) is 17.9 Å². The minimum atomic E-state index is -0.336. The first-order chi connectivity index (χ1) is 12.5.